The molecule has 3 rings (SSSR count). The van der Waals surface area contributed by atoms with Crippen LogP contribution in [0.1, 0.15) is 84.5 Å². The second-order valence-electron chi connectivity index (χ2n) is 8.00. The van der Waals surface area contributed by atoms with Crippen LogP contribution >= 0.6 is 0 Å². The highest BCUT2D eigenvalue weighted by atomic mass is 14.4. The third-order valence-corrected chi connectivity index (χ3v) is 6.88. The molecule has 0 N–H and O–H groups in total. The first-order valence-corrected chi connectivity index (χ1v) is 9.46. The van der Waals surface area contributed by atoms with E-state index in [2.05, 4.69) is 19.9 Å². The molecule has 0 heteroatoms. The number of hydrogen-bond donors (Lipinski definition) is 0. The van der Waals surface area contributed by atoms with Gasteiger partial charge in [0.25, 0.3) is 0 Å². The summed E-state index contributed by atoms with van der Waals surface area (Å²) in [5.41, 5.74) is 1.76. The van der Waals surface area contributed by atoms with Gasteiger partial charge in [0.05, 0.1) is 0 Å². The van der Waals surface area contributed by atoms with Crippen molar-refractivity contribution >= 4 is 0 Å². The van der Waals surface area contributed by atoms with Gasteiger partial charge < -0.3 is 0 Å². The largest absolute Gasteiger partial charge is 0.0819 e. The van der Waals surface area contributed by atoms with Gasteiger partial charge >= 0.3 is 0 Å². The van der Waals surface area contributed by atoms with Crippen LogP contribution in [0.15, 0.2) is 11.6 Å². The summed E-state index contributed by atoms with van der Waals surface area (Å²) in [6.45, 7) is 4.82. The van der Waals surface area contributed by atoms with Crippen molar-refractivity contribution in [1.82, 2.24) is 0 Å². The van der Waals surface area contributed by atoms with Crippen LogP contribution in [-0.2, 0) is 0 Å². The summed E-state index contributed by atoms with van der Waals surface area (Å²) in [5.74, 6) is 5.02. The van der Waals surface area contributed by atoms with E-state index in [1.165, 1.54) is 70.6 Å². The van der Waals surface area contributed by atoms with Crippen molar-refractivity contribution in [1.29, 1.82) is 0 Å². The molecule has 0 aromatic carbocycles. The molecule has 2 atom stereocenters. The Kier molecular flexibility index (Phi) is 4.89. The molecule has 0 spiro atoms. The highest BCUT2D eigenvalue weighted by Gasteiger charge is 2.35. The van der Waals surface area contributed by atoms with Crippen molar-refractivity contribution in [2.24, 2.45) is 29.6 Å². The standard InChI is InChI=1S/C20H34/c1-3-16-9-11-18(12-10-16)20-14-19(13-15(20)2)17-7-5-4-6-8-17/h13,16-20H,3-12,14H2,1-2H3. The smallest absolute Gasteiger partial charge is 0.0172 e. The van der Waals surface area contributed by atoms with E-state index in [9.17, 15) is 0 Å². The van der Waals surface area contributed by atoms with Gasteiger partial charge in [-0.25, -0.2) is 0 Å². The Labute approximate surface area is 126 Å². The Balaban J connectivity index is 1.55. The highest BCUT2D eigenvalue weighted by Crippen LogP contribution is 2.47. The van der Waals surface area contributed by atoms with E-state index in [0.717, 1.165) is 29.6 Å². The molecule has 3 aliphatic rings. The molecule has 3 aliphatic carbocycles. The van der Waals surface area contributed by atoms with Gasteiger partial charge in [0.15, 0.2) is 0 Å². The summed E-state index contributed by atoms with van der Waals surface area (Å²) in [6.07, 6.45) is 19.2. The van der Waals surface area contributed by atoms with Gasteiger partial charge in [-0.1, -0.05) is 57.1 Å². The maximum absolute atomic E-state index is 2.70. The summed E-state index contributed by atoms with van der Waals surface area (Å²) < 4.78 is 0. The van der Waals surface area contributed by atoms with Crippen molar-refractivity contribution in [3.05, 3.63) is 11.6 Å². The Bertz CT molecular complexity index is 326. The van der Waals surface area contributed by atoms with Crippen LogP contribution in [0, 0.1) is 29.6 Å². The lowest BCUT2D eigenvalue weighted by molar-refractivity contribution is 0.194. The summed E-state index contributed by atoms with van der Waals surface area (Å²) >= 11 is 0. The van der Waals surface area contributed by atoms with Crippen molar-refractivity contribution in [3.8, 4) is 0 Å². The fourth-order valence-electron chi connectivity index (χ4n) is 5.46. The molecular weight excluding hydrogens is 240 g/mol. The van der Waals surface area contributed by atoms with E-state index in [-0.39, 0.29) is 0 Å². The average molecular weight is 274 g/mol. The second kappa shape index (κ2) is 6.67. The van der Waals surface area contributed by atoms with E-state index < -0.39 is 0 Å². The maximum Gasteiger partial charge on any atom is -0.0172 e. The molecule has 20 heavy (non-hydrogen) atoms. The van der Waals surface area contributed by atoms with E-state index in [0.29, 0.717) is 0 Å². The van der Waals surface area contributed by atoms with Crippen LogP contribution < -0.4 is 0 Å². The van der Waals surface area contributed by atoms with E-state index in [4.69, 9.17) is 0 Å². The number of allylic oxidation sites excluding steroid dienone is 2. The molecule has 2 unspecified atom stereocenters. The van der Waals surface area contributed by atoms with Gasteiger partial charge in [0.1, 0.15) is 0 Å². The van der Waals surface area contributed by atoms with Gasteiger partial charge in [0.2, 0.25) is 0 Å². The minimum Gasteiger partial charge on any atom is -0.0819 e. The van der Waals surface area contributed by atoms with E-state index >= 15 is 0 Å². The topological polar surface area (TPSA) is 0 Å². The predicted molar refractivity (Wildman–Crippen MR) is 87.7 cm³/mol. The van der Waals surface area contributed by atoms with Crippen LogP contribution in [-0.4, -0.2) is 0 Å². The summed E-state index contributed by atoms with van der Waals surface area (Å²) in [6, 6.07) is 0. The minimum atomic E-state index is 0.948. The van der Waals surface area contributed by atoms with Crippen LogP contribution in [0.4, 0.5) is 0 Å². The Hall–Kier alpha value is -0.260. The summed E-state index contributed by atoms with van der Waals surface area (Å²) in [4.78, 5) is 0. The summed E-state index contributed by atoms with van der Waals surface area (Å²) in [7, 11) is 0. The zero-order valence-electron chi connectivity index (χ0n) is 13.7. The van der Waals surface area contributed by atoms with Crippen LogP contribution in [0.5, 0.6) is 0 Å². The molecule has 0 heterocycles. The molecule has 0 bridgehead atoms. The Morgan fingerprint density at radius 2 is 1.60 bits per heavy atom. The molecule has 2 saturated carbocycles. The van der Waals surface area contributed by atoms with Crippen molar-refractivity contribution in [3.63, 3.8) is 0 Å². The molecule has 0 saturated heterocycles. The molecule has 0 amide bonds. The van der Waals surface area contributed by atoms with E-state index in [1.54, 1.807) is 5.57 Å². The normalized spacial score (nSPS) is 39.8. The molecule has 2 fully saturated rings. The molecule has 0 aliphatic heterocycles. The number of rotatable bonds is 3. The fraction of sp³-hybridized carbons (Fsp3) is 0.900. The van der Waals surface area contributed by atoms with Crippen molar-refractivity contribution < 1.29 is 0 Å². The summed E-state index contributed by atoms with van der Waals surface area (Å²) in [5, 5.41) is 0. The van der Waals surface area contributed by atoms with Gasteiger partial charge in [-0.2, -0.15) is 0 Å². The molecule has 0 nitrogen and oxygen atoms in total. The minimum absolute atomic E-state index is 0.948. The van der Waals surface area contributed by atoms with Crippen LogP contribution in [0.3, 0.4) is 0 Å². The van der Waals surface area contributed by atoms with Crippen LogP contribution in [0.25, 0.3) is 0 Å². The van der Waals surface area contributed by atoms with E-state index in [1.807, 2.05) is 0 Å². The molecule has 0 aromatic rings. The third kappa shape index (κ3) is 3.15. The van der Waals surface area contributed by atoms with Crippen molar-refractivity contribution in [2.75, 3.05) is 0 Å². The quantitative estimate of drug-likeness (QED) is 0.525. The van der Waals surface area contributed by atoms with Gasteiger partial charge in [-0.05, 0) is 68.6 Å². The second-order valence-corrected chi connectivity index (χ2v) is 8.00. The predicted octanol–water partition coefficient (Wildman–Crippen LogP) is 6.37. The van der Waals surface area contributed by atoms with Crippen LogP contribution in [0.2, 0.25) is 0 Å². The Morgan fingerprint density at radius 3 is 2.25 bits per heavy atom. The molecular formula is C20H34. The Morgan fingerprint density at radius 1 is 0.900 bits per heavy atom. The first kappa shape index (κ1) is 14.7. The van der Waals surface area contributed by atoms with Crippen molar-refractivity contribution in [2.45, 2.75) is 84.5 Å². The molecule has 0 radical (unpaired) electrons. The fourth-order valence-corrected chi connectivity index (χ4v) is 5.46. The molecule has 114 valence electrons. The highest BCUT2D eigenvalue weighted by molar-refractivity contribution is 5.16. The third-order valence-electron chi connectivity index (χ3n) is 6.88. The zero-order valence-corrected chi connectivity index (χ0v) is 13.7. The monoisotopic (exact) mass is 274 g/mol. The lowest BCUT2D eigenvalue weighted by atomic mass is 9.71. The SMILES string of the molecule is CCC1CCC(C2CC(C3CCCCC3)C=C2C)CC1. The lowest BCUT2D eigenvalue weighted by Gasteiger charge is -2.34. The van der Waals surface area contributed by atoms with Gasteiger partial charge in [0, 0.05) is 0 Å². The van der Waals surface area contributed by atoms with Gasteiger partial charge in [-0.15, -0.1) is 0 Å². The lowest BCUT2D eigenvalue weighted by Crippen LogP contribution is -2.23. The first-order chi connectivity index (χ1) is 9.78. The van der Waals surface area contributed by atoms with Gasteiger partial charge in [-0.3, -0.25) is 0 Å². The average Bonchev–Trinajstić information content (AvgIpc) is 2.90. The maximum atomic E-state index is 2.70. The molecule has 0 aromatic heterocycles. The number of hydrogen-bond acceptors (Lipinski definition) is 0. The zero-order chi connectivity index (χ0) is 13.9. The first-order valence-electron chi connectivity index (χ1n) is 9.46.